The summed E-state index contributed by atoms with van der Waals surface area (Å²) >= 11 is 0. The van der Waals surface area contributed by atoms with Gasteiger partial charge in [0.25, 0.3) is 0 Å². The molecule has 0 atom stereocenters. The largest absolute Gasteiger partial charge is 0.545 e. The van der Waals surface area contributed by atoms with Crippen molar-refractivity contribution in [3.8, 4) is 0 Å². The van der Waals surface area contributed by atoms with E-state index in [0.29, 0.717) is 0 Å². The van der Waals surface area contributed by atoms with Crippen molar-refractivity contribution in [1.82, 2.24) is 4.72 Å². The molecule has 0 aromatic rings. The minimum absolute atomic E-state index is 0.769. The molecule has 0 radical (unpaired) electrons. The first-order chi connectivity index (χ1) is 5.10. The van der Waals surface area contributed by atoms with Crippen LogP contribution in [0, 0.1) is 0 Å². The number of ether oxygens (including phenoxy) is 1. The molecule has 7 heteroatoms. The Bertz CT molecular complexity index is 264. The number of hydrogen-bond donors (Lipinski definition) is 1. The van der Waals surface area contributed by atoms with Crippen LogP contribution in [0.3, 0.4) is 0 Å². The minimum atomic E-state index is -4.27. The Kier molecular flexibility index (Phi) is 3.05. The molecule has 0 fully saturated rings. The van der Waals surface area contributed by atoms with Crippen LogP contribution in [0.1, 0.15) is 20.8 Å². The van der Waals surface area contributed by atoms with Crippen molar-refractivity contribution in [2.45, 2.75) is 26.4 Å². The predicted molar refractivity (Wildman–Crippen MR) is 42.6 cm³/mol. The van der Waals surface area contributed by atoms with Crippen molar-refractivity contribution in [2.75, 3.05) is 0 Å². The van der Waals surface area contributed by atoms with E-state index in [2.05, 4.69) is 4.74 Å². The molecule has 0 spiro atoms. The van der Waals surface area contributed by atoms with Gasteiger partial charge in [-0.1, -0.05) is 0 Å². The number of hydrogen-bond acceptors (Lipinski definition) is 4. The van der Waals surface area contributed by atoms with Crippen LogP contribution in [-0.4, -0.2) is 20.1 Å². The molecular formula is C5H11N2O4S-. The van der Waals surface area contributed by atoms with E-state index in [9.17, 15) is 13.2 Å². The van der Waals surface area contributed by atoms with Gasteiger partial charge in [0.1, 0.15) is 5.60 Å². The van der Waals surface area contributed by atoms with Gasteiger partial charge in [-0.15, -0.1) is 0 Å². The van der Waals surface area contributed by atoms with Gasteiger partial charge >= 0.3 is 6.09 Å². The summed E-state index contributed by atoms with van der Waals surface area (Å²) in [6.45, 7) is 4.76. The maximum Gasteiger partial charge on any atom is 0.420 e. The summed E-state index contributed by atoms with van der Waals surface area (Å²) in [7, 11) is -4.27. The number of carbonyl (C=O) groups is 1. The lowest BCUT2D eigenvalue weighted by Gasteiger charge is -2.19. The predicted octanol–water partition coefficient (Wildman–Crippen LogP) is 0.808. The average Bonchev–Trinajstić information content (AvgIpc) is 1.49. The smallest absolute Gasteiger partial charge is 0.420 e. The van der Waals surface area contributed by atoms with Crippen LogP contribution in [-0.2, 0) is 14.9 Å². The Balaban J connectivity index is 4.10. The highest BCUT2D eigenvalue weighted by Crippen LogP contribution is 2.06. The summed E-state index contributed by atoms with van der Waals surface area (Å²) in [6.07, 6.45) is -1.14. The van der Waals surface area contributed by atoms with E-state index in [1.165, 1.54) is 4.72 Å². The van der Waals surface area contributed by atoms with E-state index >= 15 is 0 Å². The van der Waals surface area contributed by atoms with E-state index in [1.807, 2.05) is 0 Å². The molecular weight excluding hydrogens is 184 g/mol. The van der Waals surface area contributed by atoms with E-state index in [4.69, 9.17) is 5.14 Å². The normalized spacial score (nSPS) is 12.3. The molecule has 0 bridgehead atoms. The molecule has 0 heterocycles. The van der Waals surface area contributed by atoms with Crippen LogP contribution in [0.25, 0.3) is 5.14 Å². The minimum Gasteiger partial charge on any atom is -0.545 e. The molecule has 0 aromatic carbocycles. The van der Waals surface area contributed by atoms with Gasteiger partial charge in [-0.2, -0.15) is 0 Å². The van der Waals surface area contributed by atoms with Crippen molar-refractivity contribution in [2.24, 2.45) is 0 Å². The zero-order valence-electron chi connectivity index (χ0n) is 7.04. The summed E-state index contributed by atoms with van der Waals surface area (Å²) in [5, 5.41) is 6.33. The molecule has 6 nitrogen and oxygen atoms in total. The van der Waals surface area contributed by atoms with Gasteiger partial charge in [0.15, 0.2) is 10.2 Å². The Morgan fingerprint density at radius 1 is 1.42 bits per heavy atom. The van der Waals surface area contributed by atoms with Crippen molar-refractivity contribution in [3.63, 3.8) is 0 Å². The number of amides is 1. The maximum absolute atomic E-state index is 10.6. The second-order valence-electron chi connectivity index (χ2n) is 3.11. The molecule has 0 aliphatic carbocycles. The van der Waals surface area contributed by atoms with Crippen LogP contribution >= 0.6 is 0 Å². The molecule has 0 unspecified atom stereocenters. The molecule has 0 aliphatic rings. The zero-order valence-corrected chi connectivity index (χ0v) is 7.86. The molecule has 0 aliphatic heterocycles. The van der Waals surface area contributed by atoms with Gasteiger partial charge < -0.3 is 9.88 Å². The van der Waals surface area contributed by atoms with Crippen LogP contribution in [0.5, 0.6) is 0 Å². The lowest BCUT2D eigenvalue weighted by atomic mass is 10.2. The highest BCUT2D eigenvalue weighted by atomic mass is 32.2. The standard InChI is InChI=1S/C5H12N2O4S/c1-5(2,3)11-4(8)7-12(6,9)10/h1-3H3,(H3,6,7,8,9,10)/p-1. The fourth-order valence-corrected chi connectivity index (χ4v) is 0.670. The first kappa shape index (κ1) is 11.2. The molecule has 72 valence electrons. The number of carbonyl (C=O) groups excluding carboxylic acids is 1. The first-order valence-electron chi connectivity index (χ1n) is 3.10. The maximum atomic E-state index is 10.6. The molecule has 12 heavy (non-hydrogen) atoms. The quantitative estimate of drug-likeness (QED) is 0.669. The molecule has 0 saturated carbocycles. The fraction of sp³-hybridized carbons (Fsp3) is 0.800. The van der Waals surface area contributed by atoms with Crippen LogP contribution in [0.15, 0.2) is 0 Å². The Morgan fingerprint density at radius 3 is 2.08 bits per heavy atom. The van der Waals surface area contributed by atoms with E-state index in [0.717, 1.165) is 0 Å². The van der Waals surface area contributed by atoms with Gasteiger partial charge in [-0.05, 0) is 20.8 Å². The van der Waals surface area contributed by atoms with Crippen molar-refractivity contribution in [3.05, 3.63) is 5.14 Å². The van der Waals surface area contributed by atoms with E-state index in [-0.39, 0.29) is 0 Å². The van der Waals surface area contributed by atoms with Crippen LogP contribution < -0.4 is 4.72 Å². The summed E-state index contributed by atoms with van der Waals surface area (Å²) in [5.74, 6) is 0. The lowest BCUT2D eigenvalue weighted by Crippen LogP contribution is -2.34. The molecule has 1 amide bonds. The molecule has 0 rings (SSSR count). The van der Waals surface area contributed by atoms with Crippen molar-refractivity contribution in [1.29, 1.82) is 0 Å². The number of nitrogens with one attached hydrogen (secondary N) is 2. The van der Waals surface area contributed by atoms with Crippen molar-refractivity contribution < 1.29 is 17.9 Å². The Morgan fingerprint density at radius 2 is 1.83 bits per heavy atom. The SMILES string of the molecule is CC(C)(C)OC(=O)NS([NH-])(=O)=O. The van der Waals surface area contributed by atoms with E-state index < -0.39 is 21.9 Å². The van der Waals surface area contributed by atoms with E-state index in [1.54, 1.807) is 20.8 Å². The summed E-state index contributed by atoms with van der Waals surface area (Å²) < 4.78 is 26.3. The van der Waals surface area contributed by atoms with Gasteiger partial charge in [-0.25, -0.2) is 17.9 Å². The second-order valence-corrected chi connectivity index (χ2v) is 4.32. The highest BCUT2D eigenvalue weighted by molar-refractivity contribution is 7.91. The topological polar surface area (TPSA) is 96.3 Å². The average molecular weight is 195 g/mol. The Labute approximate surface area is 71.3 Å². The highest BCUT2D eigenvalue weighted by Gasteiger charge is 2.16. The number of rotatable bonds is 1. The van der Waals surface area contributed by atoms with Crippen LogP contribution in [0.2, 0.25) is 0 Å². The lowest BCUT2D eigenvalue weighted by molar-refractivity contribution is 0.0571. The summed E-state index contributed by atoms with van der Waals surface area (Å²) in [5.41, 5.74) is -0.769. The summed E-state index contributed by atoms with van der Waals surface area (Å²) in [4.78, 5) is 10.6. The monoisotopic (exact) mass is 195 g/mol. The molecule has 0 saturated heterocycles. The van der Waals surface area contributed by atoms with Crippen LogP contribution in [0.4, 0.5) is 4.79 Å². The third-order valence-electron chi connectivity index (χ3n) is 0.617. The van der Waals surface area contributed by atoms with Gasteiger partial charge in [-0.3, -0.25) is 0 Å². The third-order valence-corrected chi connectivity index (χ3v) is 1.05. The van der Waals surface area contributed by atoms with Gasteiger partial charge in [0.05, 0.1) is 0 Å². The van der Waals surface area contributed by atoms with Gasteiger partial charge in [0, 0.05) is 0 Å². The first-order valence-corrected chi connectivity index (χ1v) is 4.59. The molecule has 0 aromatic heterocycles. The Hall–Kier alpha value is -0.820. The van der Waals surface area contributed by atoms with Gasteiger partial charge in [0.2, 0.25) is 0 Å². The zero-order chi connectivity index (χ0) is 9.99. The molecule has 2 N–H and O–H groups in total. The third kappa shape index (κ3) is 7.29. The fourth-order valence-electron chi connectivity index (χ4n) is 0.409. The van der Waals surface area contributed by atoms with Crippen molar-refractivity contribution >= 4 is 16.3 Å². The second kappa shape index (κ2) is 3.28. The summed E-state index contributed by atoms with van der Waals surface area (Å²) in [6, 6.07) is 0.